The lowest BCUT2D eigenvalue weighted by Gasteiger charge is -2.27. The smallest absolute Gasteiger partial charge is 0.251 e. The maximum absolute atomic E-state index is 12.0. The molecule has 1 amide bonds. The molecule has 2 saturated heterocycles. The summed E-state index contributed by atoms with van der Waals surface area (Å²) < 4.78 is 0. The Morgan fingerprint density at radius 1 is 1.21 bits per heavy atom. The van der Waals surface area contributed by atoms with Crippen LogP contribution >= 0.6 is 12.2 Å². The molecule has 1 aliphatic carbocycles. The molecule has 0 bridgehead atoms. The van der Waals surface area contributed by atoms with Gasteiger partial charge < -0.3 is 4.90 Å². The normalized spacial score (nSPS) is 32.4. The molecule has 0 aromatic carbocycles. The van der Waals surface area contributed by atoms with Gasteiger partial charge in [0, 0.05) is 12.6 Å². The quantitative estimate of drug-likeness (QED) is 0.606. The summed E-state index contributed by atoms with van der Waals surface area (Å²) >= 11 is 5.36. The van der Waals surface area contributed by atoms with Crippen molar-refractivity contribution in [3.05, 3.63) is 0 Å². The average Bonchev–Trinajstić information content (AvgIpc) is 2.99. The first-order valence-electron chi connectivity index (χ1n) is 5.43. The maximum Gasteiger partial charge on any atom is 0.251 e. The van der Waals surface area contributed by atoms with E-state index in [1.807, 2.05) is 4.90 Å². The van der Waals surface area contributed by atoms with Crippen molar-refractivity contribution in [2.45, 2.75) is 44.2 Å². The van der Waals surface area contributed by atoms with Crippen LogP contribution in [0, 0.1) is 0 Å². The van der Waals surface area contributed by atoms with Gasteiger partial charge in [-0.3, -0.25) is 9.69 Å². The van der Waals surface area contributed by atoms with Crippen LogP contribution in [0.1, 0.15) is 32.1 Å². The van der Waals surface area contributed by atoms with Gasteiger partial charge in [0.1, 0.15) is 6.04 Å². The maximum atomic E-state index is 12.0. The van der Waals surface area contributed by atoms with Crippen molar-refractivity contribution in [1.29, 1.82) is 0 Å². The van der Waals surface area contributed by atoms with E-state index < -0.39 is 0 Å². The standard InChI is InChI=1S/C10H14N2OS/c13-9-8-3-1-2-6-11(8)10(14)12(9)7-4-5-7/h7-8H,1-6H2/t8-/m1/s1. The van der Waals surface area contributed by atoms with Crippen LogP contribution in [0.25, 0.3) is 0 Å². The van der Waals surface area contributed by atoms with Gasteiger partial charge in [-0.2, -0.15) is 0 Å². The van der Waals surface area contributed by atoms with Crippen LogP contribution in [0.2, 0.25) is 0 Å². The summed E-state index contributed by atoms with van der Waals surface area (Å²) in [6.45, 7) is 0.985. The van der Waals surface area contributed by atoms with Gasteiger partial charge in [-0.25, -0.2) is 0 Å². The van der Waals surface area contributed by atoms with Crippen molar-refractivity contribution >= 4 is 23.2 Å². The molecule has 3 rings (SSSR count). The summed E-state index contributed by atoms with van der Waals surface area (Å²) in [5.41, 5.74) is 0. The molecule has 0 aromatic rings. The number of hydrogen-bond acceptors (Lipinski definition) is 2. The highest BCUT2D eigenvalue weighted by molar-refractivity contribution is 7.80. The van der Waals surface area contributed by atoms with Crippen molar-refractivity contribution < 1.29 is 4.79 Å². The Hall–Kier alpha value is -0.640. The first-order chi connectivity index (χ1) is 6.79. The molecule has 0 aromatic heterocycles. The summed E-state index contributed by atoms with van der Waals surface area (Å²) in [6, 6.07) is 0.539. The lowest BCUT2D eigenvalue weighted by molar-refractivity contribution is -0.129. The second kappa shape index (κ2) is 2.92. The van der Waals surface area contributed by atoms with Gasteiger partial charge in [0.2, 0.25) is 0 Å². The molecule has 0 unspecified atom stereocenters. The number of thiocarbonyl (C=S) groups is 1. The van der Waals surface area contributed by atoms with E-state index in [1.165, 1.54) is 12.8 Å². The van der Waals surface area contributed by atoms with E-state index in [1.54, 1.807) is 0 Å². The summed E-state index contributed by atoms with van der Waals surface area (Å²) in [6.07, 6.45) is 5.65. The molecule has 76 valence electrons. The fraction of sp³-hybridized carbons (Fsp3) is 0.800. The Labute approximate surface area is 89.0 Å². The molecule has 4 heteroatoms. The monoisotopic (exact) mass is 210 g/mol. The number of rotatable bonds is 1. The number of amides is 1. The zero-order valence-corrected chi connectivity index (χ0v) is 8.92. The molecule has 0 N–H and O–H groups in total. The van der Waals surface area contributed by atoms with Crippen LogP contribution < -0.4 is 0 Å². The highest BCUT2D eigenvalue weighted by atomic mass is 32.1. The molecule has 2 aliphatic heterocycles. The van der Waals surface area contributed by atoms with E-state index in [0.717, 1.165) is 30.9 Å². The molecule has 1 saturated carbocycles. The zero-order chi connectivity index (χ0) is 9.71. The molecule has 3 nitrogen and oxygen atoms in total. The molecule has 2 heterocycles. The third-order valence-corrected chi connectivity index (χ3v) is 3.82. The van der Waals surface area contributed by atoms with Crippen LogP contribution in [0.3, 0.4) is 0 Å². The van der Waals surface area contributed by atoms with Gasteiger partial charge in [0.25, 0.3) is 5.91 Å². The second-order valence-corrected chi connectivity index (χ2v) is 4.79. The number of nitrogens with zero attached hydrogens (tertiary/aromatic N) is 2. The predicted octanol–water partition coefficient (Wildman–Crippen LogP) is 1.13. The molecule has 1 atom stereocenters. The highest BCUT2D eigenvalue weighted by Gasteiger charge is 2.48. The van der Waals surface area contributed by atoms with Gasteiger partial charge in [-0.1, -0.05) is 0 Å². The van der Waals surface area contributed by atoms with Crippen molar-refractivity contribution in [2.75, 3.05) is 6.54 Å². The SMILES string of the molecule is O=C1[C@H]2CCCCN2C(=S)N1C1CC1. The highest BCUT2D eigenvalue weighted by Crippen LogP contribution is 2.35. The molecule has 0 radical (unpaired) electrons. The first-order valence-corrected chi connectivity index (χ1v) is 5.83. The van der Waals surface area contributed by atoms with Gasteiger partial charge in [-0.15, -0.1) is 0 Å². The number of carbonyl (C=O) groups excluding carboxylic acids is 1. The van der Waals surface area contributed by atoms with Gasteiger partial charge >= 0.3 is 0 Å². The Balaban J connectivity index is 1.88. The van der Waals surface area contributed by atoms with E-state index in [9.17, 15) is 4.79 Å². The molecular formula is C10H14N2OS. The van der Waals surface area contributed by atoms with Crippen LogP contribution in [0.5, 0.6) is 0 Å². The Morgan fingerprint density at radius 3 is 2.64 bits per heavy atom. The largest absolute Gasteiger partial charge is 0.337 e. The van der Waals surface area contributed by atoms with Crippen molar-refractivity contribution in [3.8, 4) is 0 Å². The summed E-state index contributed by atoms with van der Waals surface area (Å²) in [4.78, 5) is 16.0. The van der Waals surface area contributed by atoms with Gasteiger partial charge in [-0.05, 0) is 44.3 Å². The van der Waals surface area contributed by atoms with E-state index in [2.05, 4.69) is 4.90 Å². The lowest BCUT2D eigenvalue weighted by atomic mass is 10.0. The second-order valence-electron chi connectivity index (χ2n) is 4.43. The molecule has 0 spiro atoms. The zero-order valence-electron chi connectivity index (χ0n) is 8.11. The van der Waals surface area contributed by atoms with E-state index in [4.69, 9.17) is 12.2 Å². The Kier molecular flexibility index (Phi) is 1.81. The third-order valence-electron chi connectivity index (χ3n) is 3.39. The summed E-state index contributed by atoms with van der Waals surface area (Å²) in [7, 11) is 0. The fourth-order valence-electron chi connectivity index (χ4n) is 2.48. The first kappa shape index (κ1) is 8.65. The van der Waals surface area contributed by atoms with Crippen LogP contribution in [-0.4, -0.2) is 39.4 Å². The molecule has 3 aliphatic rings. The number of hydrogen-bond donors (Lipinski definition) is 0. The van der Waals surface area contributed by atoms with Crippen molar-refractivity contribution in [1.82, 2.24) is 9.80 Å². The van der Waals surface area contributed by atoms with Gasteiger partial charge in [0.05, 0.1) is 0 Å². The summed E-state index contributed by atoms with van der Waals surface area (Å²) in [5.74, 6) is 0.275. The molecule has 3 fully saturated rings. The average molecular weight is 210 g/mol. The van der Waals surface area contributed by atoms with E-state index in [-0.39, 0.29) is 11.9 Å². The lowest BCUT2D eigenvalue weighted by Crippen LogP contribution is -2.38. The topological polar surface area (TPSA) is 23.6 Å². The van der Waals surface area contributed by atoms with Crippen LogP contribution in [-0.2, 0) is 4.79 Å². The van der Waals surface area contributed by atoms with Crippen molar-refractivity contribution in [2.24, 2.45) is 0 Å². The molecular weight excluding hydrogens is 196 g/mol. The number of piperidine rings is 1. The van der Waals surface area contributed by atoms with Gasteiger partial charge in [0.15, 0.2) is 5.11 Å². The molecule has 14 heavy (non-hydrogen) atoms. The fourth-order valence-corrected chi connectivity index (χ4v) is 2.94. The summed E-state index contributed by atoms with van der Waals surface area (Å²) in [5, 5.41) is 0.808. The third kappa shape index (κ3) is 1.10. The minimum atomic E-state index is 0.0943. The minimum absolute atomic E-state index is 0.0943. The van der Waals surface area contributed by atoms with Crippen LogP contribution in [0.4, 0.5) is 0 Å². The predicted molar refractivity (Wildman–Crippen MR) is 56.8 cm³/mol. The number of carbonyl (C=O) groups is 1. The number of fused-ring (bicyclic) bond motifs is 1. The Bertz CT molecular complexity index is 276. The van der Waals surface area contributed by atoms with E-state index >= 15 is 0 Å². The van der Waals surface area contributed by atoms with E-state index in [0.29, 0.717) is 6.04 Å². The van der Waals surface area contributed by atoms with Crippen LogP contribution in [0.15, 0.2) is 0 Å². The van der Waals surface area contributed by atoms with Crippen molar-refractivity contribution in [3.63, 3.8) is 0 Å². The Morgan fingerprint density at radius 2 is 2.00 bits per heavy atom. The minimum Gasteiger partial charge on any atom is -0.337 e.